The molecular formula is C19H23N3O3. The number of hydrogen-bond acceptors (Lipinski definition) is 5. The largest absolute Gasteiger partial charge is 0.488 e. The minimum Gasteiger partial charge on any atom is -0.488 e. The number of ether oxygens (including phenoxy) is 1. The number of carbonyl (C=O) groups excluding carboxylic acids is 1. The number of benzene rings is 1. The highest BCUT2D eigenvalue weighted by Gasteiger charge is 2.33. The number of aromatic nitrogens is 2. The maximum Gasteiger partial charge on any atom is 0.270 e. The normalized spacial score (nSPS) is 23.0. The molecule has 1 saturated carbocycles. The Bertz CT molecular complexity index is 708. The van der Waals surface area contributed by atoms with E-state index in [0.717, 1.165) is 30.6 Å². The van der Waals surface area contributed by atoms with Crippen molar-refractivity contribution in [3.8, 4) is 5.75 Å². The first kappa shape index (κ1) is 17.4. The minimum atomic E-state index is -0.611. The van der Waals surface area contributed by atoms with E-state index < -0.39 is 6.10 Å². The van der Waals surface area contributed by atoms with Crippen LogP contribution in [-0.4, -0.2) is 39.7 Å². The van der Waals surface area contributed by atoms with Gasteiger partial charge in [-0.15, -0.1) is 0 Å². The molecule has 1 aromatic heterocycles. The van der Waals surface area contributed by atoms with Crippen molar-refractivity contribution in [3.05, 3.63) is 54.1 Å². The van der Waals surface area contributed by atoms with Gasteiger partial charge in [-0.3, -0.25) is 4.79 Å². The van der Waals surface area contributed by atoms with Gasteiger partial charge in [-0.05, 0) is 49.9 Å². The average Bonchev–Trinajstić information content (AvgIpc) is 2.63. The fraction of sp³-hybridized carbons (Fsp3) is 0.421. The van der Waals surface area contributed by atoms with Gasteiger partial charge in [-0.25, -0.2) is 9.97 Å². The topological polar surface area (TPSA) is 84.3 Å². The molecule has 1 fully saturated rings. The molecule has 1 amide bonds. The van der Waals surface area contributed by atoms with Crippen LogP contribution in [0, 0.1) is 12.8 Å². The lowest BCUT2D eigenvalue weighted by atomic mass is 9.84. The van der Waals surface area contributed by atoms with Crippen molar-refractivity contribution in [1.82, 2.24) is 15.3 Å². The van der Waals surface area contributed by atoms with Crippen LogP contribution in [0.1, 0.15) is 35.3 Å². The molecule has 2 aromatic rings. The van der Waals surface area contributed by atoms with Crippen molar-refractivity contribution >= 4 is 5.91 Å². The number of hydrogen-bond donors (Lipinski definition) is 2. The Kier molecular flexibility index (Phi) is 5.60. The van der Waals surface area contributed by atoms with Crippen LogP contribution in [0.25, 0.3) is 0 Å². The average molecular weight is 341 g/mol. The van der Waals surface area contributed by atoms with Crippen molar-refractivity contribution in [1.29, 1.82) is 0 Å². The molecule has 3 atom stereocenters. The molecule has 0 aliphatic heterocycles. The van der Waals surface area contributed by atoms with E-state index in [2.05, 4.69) is 15.3 Å². The Morgan fingerprint density at radius 2 is 2.24 bits per heavy atom. The van der Waals surface area contributed by atoms with E-state index in [1.165, 1.54) is 12.5 Å². The fourth-order valence-electron chi connectivity index (χ4n) is 3.18. The number of rotatable bonds is 5. The van der Waals surface area contributed by atoms with Gasteiger partial charge in [-0.2, -0.15) is 0 Å². The van der Waals surface area contributed by atoms with Crippen molar-refractivity contribution < 1.29 is 14.6 Å². The zero-order valence-corrected chi connectivity index (χ0v) is 14.3. The van der Waals surface area contributed by atoms with Gasteiger partial charge in [0.1, 0.15) is 23.9 Å². The van der Waals surface area contributed by atoms with Crippen molar-refractivity contribution in [2.75, 3.05) is 6.54 Å². The Morgan fingerprint density at radius 1 is 1.36 bits per heavy atom. The van der Waals surface area contributed by atoms with E-state index in [0.29, 0.717) is 12.2 Å². The lowest BCUT2D eigenvalue weighted by Gasteiger charge is -2.35. The van der Waals surface area contributed by atoms with Crippen LogP contribution < -0.4 is 10.1 Å². The monoisotopic (exact) mass is 341 g/mol. The quantitative estimate of drug-likeness (QED) is 0.870. The molecule has 1 aliphatic carbocycles. The molecule has 0 radical (unpaired) electrons. The molecule has 1 heterocycles. The van der Waals surface area contributed by atoms with Gasteiger partial charge >= 0.3 is 0 Å². The van der Waals surface area contributed by atoms with Gasteiger partial charge in [0, 0.05) is 18.7 Å². The van der Waals surface area contributed by atoms with E-state index in [-0.39, 0.29) is 17.9 Å². The van der Waals surface area contributed by atoms with Crippen LogP contribution in [0.5, 0.6) is 5.75 Å². The second-order valence-corrected chi connectivity index (χ2v) is 6.46. The van der Waals surface area contributed by atoms with Crippen LogP contribution >= 0.6 is 0 Å². The Hall–Kier alpha value is -2.47. The third kappa shape index (κ3) is 4.54. The summed E-state index contributed by atoms with van der Waals surface area (Å²) in [7, 11) is 0. The number of carbonyl (C=O) groups is 1. The SMILES string of the molecule is Cc1cccc(O[C@@H]2CCC[C@H](CNC(=O)c3ccncn3)[C@H]2O)c1. The third-order valence-electron chi connectivity index (χ3n) is 4.54. The number of nitrogens with zero attached hydrogens (tertiary/aromatic N) is 2. The summed E-state index contributed by atoms with van der Waals surface area (Å²) in [6, 6.07) is 9.39. The summed E-state index contributed by atoms with van der Waals surface area (Å²) in [4.78, 5) is 19.8. The van der Waals surface area contributed by atoms with E-state index in [9.17, 15) is 9.90 Å². The predicted molar refractivity (Wildman–Crippen MR) is 93.3 cm³/mol. The first-order chi connectivity index (χ1) is 12.1. The zero-order valence-electron chi connectivity index (χ0n) is 14.3. The molecule has 0 spiro atoms. The first-order valence-electron chi connectivity index (χ1n) is 8.59. The third-order valence-corrected chi connectivity index (χ3v) is 4.54. The van der Waals surface area contributed by atoms with E-state index in [1.54, 1.807) is 6.07 Å². The highest BCUT2D eigenvalue weighted by atomic mass is 16.5. The second kappa shape index (κ2) is 8.07. The lowest BCUT2D eigenvalue weighted by Crippen LogP contribution is -2.45. The van der Waals surface area contributed by atoms with Crippen LogP contribution in [-0.2, 0) is 0 Å². The molecule has 3 rings (SSSR count). The van der Waals surface area contributed by atoms with Gasteiger partial charge in [0.2, 0.25) is 0 Å². The molecule has 1 aliphatic rings. The molecule has 0 saturated heterocycles. The highest BCUT2D eigenvalue weighted by Crippen LogP contribution is 2.28. The predicted octanol–water partition coefficient (Wildman–Crippen LogP) is 2.12. The van der Waals surface area contributed by atoms with Gasteiger partial charge in [0.25, 0.3) is 5.91 Å². The Balaban J connectivity index is 1.56. The van der Waals surface area contributed by atoms with E-state index in [1.807, 2.05) is 31.2 Å². The first-order valence-corrected chi connectivity index (χ1v) is 8.59. The molecular weight excluding hydrogens is 318 g/mol. The van der Waals surface area contributed by atoms with Crippen LogP contribution in [0.3, 0.4) is 0 Å². The number of aliphatic hydroxyl groups is 1. The summed E-state index contributed by atoms with van der Waals surface area (Å²) in [6.45, 7) is 2.41. The summed E-state index contributed by atoms with van der Waals surface area (Å²) in [5.74, 6) is 0.486. The summed E-state index contributed by atoms with van der Waals surface area (Å²) >= 11 is 0. The van der Waals surface area contributed by atoms with Crippen LogP contribution in [0.4, 0.5) is 0 Å². The van der Waals surface area contributed by atoms with E-state index >= 15 is 0 Å². The maximum absolute atomic E-state index is 12.1. The van der Waals surface area contributed by atoms with Crippen molar-refractivity contribution in [2.24, 2.45) is 5.92 Å². The lowest BCUT2D eigenvalue weighted by molar-refractivity contribution is -0.0301. The number of aliphatic hydroxyl groups excluding tert-OH is 1. The molecule has 6 heteroatoms. The van der Waals surface area contributed by atoms with Gasteiger partial charge in [-0.1, -0.05) is 12.1 Å². The Morgan fingerprint density at radius 3 is 3.00 bits per heavy atom. The van der Waals surface area contributed by atoms with Crippen LogP contribution in [0.15, 0.2) is 42.9 Å². The molecule has 132 valence electrons. The summed E-state index contributed by atoms with van der Waals surface area (Å²) in [5.41, 5.74) is 1.45. The number of nitrogens with one attached hydrogen (secondary N) is 1. The fourth-order valence-corrected chi connectivity index (χ4v) is 3.18. The second-order valence-electron chi connectivity index (χ2n) is 6.46. The summed E-state index contributed by atoms with van der Waals surface area (Å²) < 4.78 is 5.99. The number of amides is 1. The Labute approximate surface area is 147 Å². The standard InChI is InChI=1S/C19H23N3O3/c1-13-4-2-6-15(10-13)25-17-7-3-5-14(18(17)23)11-21-19(24)16-8-9-20-12-22-16/h2,4,6,8-10,12,14,17-18,23H,3,5,7,11H2,1H3,(H,21,24)/t14-,17-,18-/m1/s1. The maximum atomic E-state index is 12.1. The van der Waals surface area contributed by atoms with Gasteiger partial charge in [0.05, 0.1) is 6.10 Å². The smallest absolute Gasteiger partial charge is 0.270 e. The molecule has 0 bridgehead atoms. The van der Waals surface area contributed by atoms with Crippen LogP contribution in [0.2, 0.25) is 0 Å². The molecule has 0 unspecified atom stereocenters. The summed E-state index contributed by atoms with van der Waals surface area (Å²) in [6.07, 6.45) is 4.64. The van der Waals surface area contributed by atoms with Gasteiger partial charge < -0.3 is 15.2 Å². The number of aryl methyl sites for hydroxylation is 1. The van der Waals surface area contributed by atoms with Crippen molar-refractivity contribution in [3.63, 3.8) is 0 Å². The van der Waals surface area contributed by atoms with E-state index in [4.69, 9.17) is 4.74 Å². The van der Waals surface area contributed by atoms with Crippen molar-refractivity contribution in [2.45, 2.75) is 38.4 Å². The minimum absolute atomic E-state index is 0.0330. The molecule has 2 N–H and O–H groups in total. The molecule has 6 nitrogen and oxygen atoms in total. The molecule has 25 heavy (non-hydrogen) atoms. The molecule has 1 aromatic carbocycles. The zero-order chi connectivity index (χ0) is 17.6. The summed E-state index contributed by atoms with van der Waals surface area (Å²) in [5, 5.41) is 13.5. The van der Waals surface area contributed by atoms with Gasteiger partial charge in [0.15, 0.2) is 0 Å². The highest BCUT2D eigenvalue weighted by molar-refractivity contribution is 5.92.